The van der Waals surface area contributed by atoms with Crippen molar-refractivity contribution in [3.05, 3.63) is 81.1 Å². The average molecular weight is 469 g/mol. The molecule has 2 aromatic carbocycles. The van der Waals surface area contributed by atoms with Gasteiger partial charge in [-0.25, -0.2) is 8.42 Å². The van der Waals surface area contributed by atoms with Crippen molar-refractivity contribution >= 4 is 56.2 Å². The lowest BCUT2D eigenvalue weighted by atomic mass is 10.1. The van der Waals surface area contributed by atoms with Crippen LogP contribution in [0.5, 0.6) is 0 Å². The Labute approximate surface area is 183 Å². The van der Waals surface area contributed by atoms with E-state index in [-0.39, 0.29) is 16.5 Å². The number of nitrogens with one attached hydrogen (secondary N) is 2. The number of carbonyl (C=O) groups excluding carboxylic acids is 1. The summed E-state index contributed by atoms with van der Waals surface area (Å²) < 4.78 is 27.2. The van der Waals surface area contributed by atoms with Crippen LogP contribution in [0, 0.1) is 0 Å². The van der Waals surface area contributed by atoms with E-state index >= 15 is 0 Å². The lowest BCUT2D eigenvalue weighted by Crippen LogP contribution is -2.27. The molecular formula is C20H18Cl2N2O3S2. The highest BCUT2D eigenvalue weighted by molar-refractivity contribution is 7.94. The quantitative estimate of drug-likeness (QED) is 0.500. The molecule has 0 saturated carbocycles. The lowest BCUT2D eigenvalue weighted by molar-refractivity contribution is -0.120. The Hall–Kier alpha value is -2.06. The van der Waals surface area contributed by atoms with E-state index in [1.165, 1.54) is 0 Å². The van der Waals surface area contributed by atoms with Crippen LogP contribution in [0.15, 0.2) is 64.2 Å². The van der Waals surface area contributed by atoms with E-state index in [1.54, 1.807) is 47.8 Å². The molecule has 0 bridgehead atoms. The molecular weight excluding hydrogens is 451 g/mol. The summed E-state index contributed by atoms with van der Waals surface area (Å²) in [6.45, 7) is 0.466. The Balaban J connectivity index is 1.49. The molecule has 1 aromatic heterocycles. The summed E-state index contributed by atoms with van der Waals surface area (Å²) in [4.78, 5) is 12.1. The van der Waals surface area contributed by atoms with Crippen molar-refractivity contribution < 1.29 is 13.2 Å². The highest BCUT2D eigenvalue weighted by Gasteiger charge is 2.15. The van der Waals surface area contributed by atoms with E-state index < -0.39 is 10.0 Å². The van der Waals surface area contributed by atoms with Gasteiger partial charge >= 0.3 is 0 Å². The van der Waals surface area contributed by atoms with E-state index in [1.807, 2.05) is 12.1 Å². The Bertz CT molecular complexity index is 1060. The van der Waals surface area contributed by atoms with Crippen LogP contribution >= 0.6 is 34.5 Å². The number of amides is 1. The molecule has 3 aromatic rings. The molecule has 0 aliphatic heterocycles. The van der Waals surface area contributed by atoms with Crippen LogP contribution < -0.4 is 10.0 Å². The maximum atomic E-state index is 12.2. The summed E-state index contributed by atoms with van der Waals surface area (Å²) in [5.74, 6) is -0.120. The molecule has 5 nitrogen and oxygen atoms in total. The average Bonchev–Trinajstić information content (AvgIpc) is 3.18. The zero-order valence-electron chi connectivity index (χ0n) is 15.2. The molecule has 1 amide bonds. The summed E-state index contributed by atoms with van der Waals surface area (Å²) in [6, 6.07) is 15.3. The number of thiophene rings is 1. The molecule has 2 N–H and O–H groups in total. The fourth-order valence-electron chi connectivity index (χ4n) is 2.66. The Morgan fingerprint density at radius 1 is 0.966 bits per heavy atom. The second-order valence-corrected chi connectivity index (χ2v) is 10.0. The number of carbonyl (C=O) groups is 1. The van der Waals surface area contributed by atoms with E-state index in [4.69, 9.17) is 23.2 Å². The number of anilines is 1. The first-order chi connectivity index (χ1) is 13.8. The Morgan fingerprint density at radius 3 is 2.28 bits per heavy atom. The first kappa shape index (κ1) is 21.6. The smallest absolute Gasteiger partial charge is 0.271 e. The van der Waals surface area contributed by atoms with Crippen molar-refractivity contribution in [1.29, 1.82) is 0 Å². The third-order valence-corrected chi connectivity index (χ3v) is 7.20. The highest BCUT2D eigenvalue weighted by Crippen LogP contribution is 2.21. The van der Waals surface area contributed by atoms with Crippen LogP contribution in [0.3, 0.4) is 0 Å². The first-order valence-electron chi connectivity index (χ1n) is 8.69. The second kappa shape index (κ2) is 9.63. The van der Waals surface area contributed by atoms with Crippen molar-refractivity contribution in [2.45, 2.75) is 17.1 Å². The molecule has 0 saturated heterocycles. The minimum Gasteiger partial charge on any atom is -0.355 e. The van der Waals surface area contributed by atoms with Crippen LogP contribution in [-0.4, -0.2) is 20.9 Å². The predicted molar refractivity (Wildman–Crippen MR) is 118 cm³/mol. The van der Waals surface area contributed by atoms with Crippen LogP contribution in [0.1, 0.15) is 11.1 Å². The van der Waals surface area contributed by atoms with E-state index in [2.05, 4.69) is 10.0 Å². The summed E-state index contributed by atoms with van der Waals surface area (Å²) in [5, 5.41) is 5.69. The Kier molecular flexibility index (Phi) is 7.18. The van der Waals surface area contributed by atoms with Crippen molar-refractivity contribution in [2.75, 3.05) is 11.3 Å². The SMILES string of the molecule is O=C(Cc1ccc(NS(=O)(=O)c2cccs2)cc1)NCCc1cc(Cl)cc(Cl)c1. The molecule has 0 unspecified atom stereocenters. The van der Waals surface area contributed by atoms with Crippen molar-refractivity contribution in [3.63, 3.8) is 0 Å². The zero-order chi connectivity index (χ0) is 20.9. The molecule has 0 radical (unpaired) electrons. The molecule has 0 aliphatic rings. The van der Waals surface area contributed by atoms with Gasteiger partial charge < -0.3 is 5.32 Å². The number of hydrogen-bond acceptors (Lipinski definition) is 4. The van der Waals surface area contributed by atoms with Crippen molar-refractivity contribution in [1.82, 2.24) is 5.32 Å². The lowest BCUT2D eigenvalue weighted by Gasteiger charge is -2.08. The van der Waals surface area contributed by atoms with Gasteiger partial charge in [0, 0.05) is 22.3 Å². The summed E-state index contributed by atoms with van der Waals surface area (Å²) >= 11 is 13.1. The van der Waals surface area contributed by atoms with Gasteiger partial charge in [-0.2, -0.15) is 0 Å². The van der Waals surface area contributed by atoms with Gasteiger partial charge in [0.15, 0.2) is 0 Å². The van der Waals surface area contributed by atoms with Gasteiger partial charge in [-0.3, -0.25) is 9.52 Å². The van der Waals surface area contributed by atoms with E-state index in [0.717, 1.165) is 22.5 Å². The third kappa shape index (κ3) is 6.47. The van der Waals surface area contributed by atoms with Crippen molar-refractivity contribution in [3.8, 4) is 0 Å². The summed E-state index contributed by atoms with van der Waals surface area (Å²) in [7, 11) is -3.58. The second-order valence-electron chi connectivity index (χ2n) is 6.29. The zero-order valence-corrected chi connectivity index (χ0v) is 18.3. The molecule has 1 heterocycles. The third-order valence-electron chi connectivity index (χ3n) is 3.99. The molecule has 3 rings (SSSR count). The fraction of sp³-hybridized carbons (Fsp3) is 0.150. The monoisotopic (exact) mass is 468 g/mol. The number of sulfonamides is 1. The van der Waals surface area contributed by atoms with Crippen LogP contribution in [0.25, 0.3) is 0 Å². The van der Waals surface area contributed by atoms with Crippen molar-refractivity contribution in [2.24, 2.45) is 0 Å². The predicted octanol–water partition coefficient (Wildman–Crippen LogP) is 4.76. The van der Waals surface area contributed by atoms with Crippen LogP contribution in [0.2, 0.25) is 10.0 Å². The molecule has 0 aliphatic carbocycles. The first-order valence-corrected chi connectivity index (χ1v) is 11.8. The van der Waals surface area contributed by atoms with Gasteiger partial charge in [0.05, 0.1) is 6.42 Å². The topological polar surface area (TPSA) is 75.3 Å². The highest BCUT2D eigenvalue weighted by atomic mass is 35.5. The molecule has 152 valence electrons. The van der Waals surface area contributed by atoms with Gasteiger partial charge in [-0.15, -0.1) is 11.3 Å². The van der Waals surface area contributed by atoms with Gasteiger partial charge in [0.25, 0.3) is 10.0 Å². The van der Waals surface area contributed by atoms with Crippen LogP contribution in [-0.2, 0) is 27.7 Å². The maximum absolute atomic E-state index is 12.2. The van der Waals surface area contributed by atoms with Gasteiger partial charge in [0.1, 0.15) is 4.21 Å². The molecule has 0 spiro atoms. The van der Waals surface area contributed by atoms with Gasteiger partial charge in [0.2, 0.25) is 5.91 Å². The molecule has 0 atom stereocenters. The van der Waals surface area contributed by atoms with Gasteiger partial charge in [-0.05, 0) is 59.3 Å². The largest absolute Gasteiger partial charge is 0.355 e. The van der Waals surface area contributed by atoms with Gasteiger partial charge in [-0.1, -0.05) is 41.4 Å². The summed E-state index contributed by atoms with van der Waals surface area (Å²) in [5.41, 5.74) is 2.18. The number of rotatable bonds is 8. The minimum absolute atomic E-state index is 0.120. The number of benzene rings is 2. The maximum Gasteiger partial charge on any atom is 0.271 e. The fourth-order valence-corrected chi connectivity index (χ4v) is 5.28. The van der Waals surface area contributed by atoms with E-state index in [0.29, 0.717) is 28.7 Å². The standard InChI is InChI=1S/C20H18Cl2N2O3S2/c21-16-10-15(11-17(22)13-16)7-8-23-19(25)12-14-3-5-18(6-4-14)24-29(26,27)20-2-1-9-28-20/h1-6,9-11,13,24H,7-8,12H2,(H,23,25). The Morgan fingerprint density at radius 2 is 1.66 bits per heavy atom. The molecule has 0 fully saturated rings. The van der Waals surface area contributed by atoms with E-state index in [9.17, 15) is 13.2 Å². The number of halogens is 2. The normalized spacial score (nSPS) is 11.2. The molecule has 29 heavy (non-hydrogen) atoms. The van der Waals surface area contributed by atoms with Crippen LogP contribution in [0.4, 0.5) is 5.69 Å². The number of hydrogen-bond donors (Lipinski definition) is 2. The summed E-state index contributed by atoms with van der Waals surface area (Å²) in [6.07, 6.45) is 0.823. The molecule has 9 heteroatoms. The minimum atomic E-state index is -3.58.